The summed E-state index contributed by atoms with van der Waals surface area (Å²) in [5.41, 5.74) is 1.49. The minimum Gasteiger partial charge on any atom is -0.313 e. The summed E-state index contributed by atoms with van der Waals surface area (Å²) in [6.07, 6.45) is 2.84. The number of nitrogens with one attached hydrogen (secondary N) is 1. The normalized spacial score (nSPS) is 19.4. The Morgan fingerprint density at radius 1 is 1.29 bits per heavy atom. The van der Waals surface area contributed by atoms with Gasteiger partial charge in [0.2, 0.25) is 0 Å². The highest BCUT2D eigenvalue weighted by Crippen LogP contribution is 2.44. The Labute approximate surface area is 107 Å². The molecule has 1 aromatic carbocycles. The first kappa shape index (κ1) is 11.2. The summed E-state index contributed by atoms with van der Waals surface area (Å²) in [5, 5.41) is 7.30. The molecule has 1 heterocycles. The van der Waals surface area contributed by atoms with Crippen molar-refractivity contribution in [2.75, 3.05) is 7.05 Å². The van der Waals surface area contributed by atoms with Crippen LogP contribution < -0.4 is 5.32 Å². The molecule has 0 aliphatic heterocycles. The predicted molar refractivity (Wildman–Crippen MR) is 75.5 cm³/mol. The lowest BCUT2D eigenvalue weighted by atomic mass is 9.90. The molecule has 1 aliphatic carbocycles. The maximum Gasteiger partial charge on any atom is 0.0360 e. The molecule has 2 unspecified atom stereocenters. The van der Waals surface area contributed by atoms with Crippen LogP contribution in [0.5, 0.6) is 0 Å². The van der Waals surface area contributed by atoms with Crippen LogP contribution in [0, 0.1) is 11.8 Å². The molecule has 0 radical (unpaired) electrons. The third kappa shape index (κ3) is 2.00. The van der Waals surface area contributed by atoms with E-state index >= 15 is 0 Å². The Balaban J connectivity index is 2.00. The summed E-state index contributed by atoms with van der Waals surface area (Å²) in [4.78, 5) is 0. The van der Waals surface area contributed by atoms with E-state index in [2.05, 4.69) is 48.9 Å². The van der Waals surface area contributed by atoms with E-state index in [-0.39, 0.29) is 0 Å². The van der Waals surface area contributed by atoms with E-state index in [4.69, 9.17) is 0 Å². The highest BCUT2D eigenvalue weighted by Gasteiger charge is 2.34. The topological polar surface area (TPSA) is 12.0 Å². The van der Waals surface area contributed by atoms with Gasteiger partial charge < -0.3 is 5.32 Å². The minimum atomic E-state index is 0.513. The van der Waals surface area contributed by atoms with E-state index in [9.17, 15) is 0 Å². The van der Waals surface area contributed by atoms with E-state index in [0.29, 0.717) is 6.04 Å². The van der Waals surface area contributed by atoms with Crippen LogP contribution in [-0.4, -0.2) is 7.05 Å². The quantitative estimate of drug-likeness (QED) is 0.851. The number of benzene rings is 1. The summed E-state index contributed by atoms with van der Waals surface area (Å²) in [5.74, 6) is 1.68. The van der Waals surface area contributed by atoms with Crippen LogP contribution in [0.1, 0.15) is 31.4 Å². The molecule has 0 spiro atoms. The Bertz CT molecular complexity index is 512. The average molecular weight is 245 g/mol. The van der Waals surface area contributed by atoms with Crippen LogP contribution in [-0.2, 0) is 0 Å². The number of hydrogen-bond acceptors (Lipinski definition) is 2. The Kier molecular flexibility index (Phi) is 2.93. The van der Waals surface area contributed by atoms with Crippen molar-refractivity contribution in [3.63, 3.8) is 0 Å². The molecule has 1 nitrogen and oxygen atoms in total. The van der Waals surface area contributed by atoms with Crippen LogP contribution in [0.25, 0.3) is 10.1 Å². The van der Waals surface area contributed by atoms with Gasteiger partial charge >= 0.3 is 0 Å². The molecule has 1 aromatic heterocycles. The maximum absolute atomic E-state index is 3.52. The highest BCUT2D eigenvalue weighted by atomic mass is 32.1. The first-order valence-corrected chi connectivity index (χ1v) is 7.32. The Hall–Kier alpha value is -0.860. The first-order chi connectivity index (χ1) is 8.31. The van der Waals surface area contributed by atoms with Crippen molar-refractivity contribution in [2.45, 2.75) is 25.8 Å². The number of rotatable bonds is 4. The summed E-state index contributed by atoms with van der Waals surface area (Å²) >= 11 is 1.87. The van der Waals surface area contributed by atoms with Gasteiger partial charge in [-0.05, 0) is 54.1 Å². The second-order valence-electron chi connectivity index (χ2n) is 5.15. The molecule has 0 saturated heterocycles. The summed E-state index contributed by atoms with van der Waals surface area (Å²) in [7, 11) is 2.09. The lowest BCUT2D eigenvalue weighted by Crippen LogP contribution is -2.24. The fraction of sp³-hybridized carbons (Fsp3) is 0.467. The Morgan fingerprint density at radius 2 is 2.06 bits per heavy atom. The number of hydrogen-bond donors (Lipinski definition) is 1. The van der Waals surface area contributed by atoms with Crippen molar-refractivity contribution in [3.8, 4) is 0 Å². The molecule has 2 aromatic rings. The zero-order chi connectivity index (χ0) is 11.8. The molecule has 2 atom stereocenters. The summed E-state index contributed by atoms with van der Waals surface area (Å²) in [6, 6.07) is 9.26. The van der Waals surface area contributed by atoms with E-state index in [1.165, 1.54) is 28.5 Å². The van der Waals surface area contributed by atoms with Gasteiger partial charge in [0.05, 0.1) is 0 Å². The maximum atomic E-state index is 3.52. The number of thiophene rings is 1. The summed E-state index contributed by atoms with van der Waals surface area (Å²) < 4.78 is 1.41. The van der Waals surface area contributed by atoms with Gasteiger partial charge in [-0.15, -0.1) is 11.3 Å². The largest absolute Gasteiger partial charge is 0.313 e. The highest BCUT2D eigenvalue weighted by molar-refractivity contribution is 7.17. The molecule has 1 fully saturated rings. The van der Waals surface area contributed by atoms with Crippen molar-refractivity contribution in [2.24, 2.45) is 11.8 Å². The number of fused-ring (bicyclic) bond motifs is 1. The van der Waals surface area contributed by atoms with Gasteiger partial charge in [-0.2, -0.15) is 0 Å². The lowest BCUT2D eigenvalue weighted by Gasteiger charge is -2.23. The second-order valence-corrected chi connectivity index (χ2v) is 6.06. The molecular formula is C15H19NS. The van der Waals surface area contributed by atoms with E-state index in [0.717, 1.165) is 11.8 Å². The SMILES string of the molecule is CNC(c1csc2ccccc12)C(C)C1CC1. The average Bonchev–Trinajstić information content (AvgIpc) is 3.13. The van der Waals surface area contributed by atoms with Gasteiger partial charge in [0, 0.05) is 10.7 Å². The molecule has 1 aliphatic rings. The van der Waals surface area contributed by atoms with Crippen molar-refractivity contribution in [1.82, 2.24) is 5.32 Å². The fourth-order valence-electron chi connectivity index (χ4n) is 2.83. The molecule has 2 heteroatoms. The predicted octanol–water partition coefficient (Wildman–Crippen LogP) is 4.21. The van der Waals surface area contributed by atoms with Crippen LogP contribution in [0.2, 0.25) is 0 Å². The zero-order valence-corrected chi connectivity index (χ0v) is 11.3. The monoisotopic (exact) mass is 245 g/mol. The van der Waals surface area contributed by atoms with Gasteiger partial charge in [0.15, 0.2) is 0 Å². The van der Waals surface area contributed by atoms with Crippen molar-refractivity contribution < 1.29 is 0 Å². The summed E-state index contributed by atoms with van der Waals surface area (Å²) in [6.45, 7) is 2.39. The minimum absolute atomic E-state index is 0.513. The molecule has 90 valence electrons. The molecule has 17 heavy (non-hydrogen) atoms. The van der Waals surface area contributed by atoms with Gasteiger partial charge in [-0.3, -0.25) is 0 Å². The smallest absolute Gasteiger partial charge is 0.0360 e. The van der Waals surface area contributed by atoms with Gasteiger partial charge in [-0.1, -0.05) is 25.1 Å². The molecule has 0 amide bonds. The van der Waals surface area contributed by atoms with Gasteiger partial charge in [0.25, 0.3) is 0 Å². The van der Waals surface area contributed by atoms with Gasteiger partial charge in [-0.25, -0.2) is 0 Å². The Morgan fingerprint density at radius 3 is 2.76 bits per heavy atom. The van der Waals surface area contributed by atoms with Crippen LogP contribution >= 0.6 is 11.3 Å². The molecular weight excluding hydrogens is 226 g/mol. The van der Waals surface area contributed by atoms with Crippen LogP contribution in [0.3, 0.4) is 0 Å². The van der Waals surface area contributed by atoms with Crippen LogP contribution in [0.15, 0.2) is 29.6 Å². The van der Waals surface area contributed by atoms with E-state index in [1.54, 1.807) is 0 Å². The third-order valence-corrected chi connectivity index (χ3v) is 5.03. The molecule has 1 N–H and O–H groups in total. The van der Waals surface area contributed by atoms with Crippen LogP contribution in [0.4, 0.5) is 0 Å². The molecule has 0 bridgehead atoms. The van der Waals surface area contributed by atoms with Gasteiger partial charge in [0.1, 0.15) is 0 Å². The fourth-order valence-corrected chi connectivity index (χ4v) is 3.83. The second kappa shape index (κ2) is 4.43. The lowest BCUT2D eigenvalue weighted by molar-refractivity contribution is 0.371. The first-order valence-electron chi connectivity index (χ1n) is 6.44. The van der Waals surface area contributed by atoms with E-state index < -0.39 is 0 Å². The zero-order valence-electron chi connectivity index (χ0n) is 10.4. The van der Waals surface area contributed by atoms with Crippen molar-refractivity contribution >= 4 is 21.4 Å². The molecule has 1 saturated carbocycles. The molecule has 3 rings (SSSR count). The van der Waals surface area contributed by atoms with Crippen molar-refractivity contribution in [1.29, 1.82) is 0 Å². The third-order valence-electron chi connectivity index (χ3n) is 4.05. The van der Waals surface area contributed by atoms with Crippen molar-refractivity contribution in [3.05, 3.63) is 35.2 Å². The van der Waals surface area contributed by atoms with E-state index in [1.807, 2.05) is 11.3 Å². The standard InChI is InChI=1S/C15H19NS/c1-10(11-7-8-11)15(16-2)13-9-17-14-6-4-3-5-12(13)14/h3-6,9-11,15-16H,7-8H2,1-2H3.